The van der Waals surface area contributed by atoms with Crippen LogP contribution >= 0.6 is 0 Å². The first kappa shape index (κ1) is 19.2. The fourth-order valence-corrected chi connectivity index (χ4v) is 5.12. The molecule has 28 heavy (non-hydrogen) atoms. The van der Waals surface area contributed by atoms with E-state index in [1.165, 1.54) is 5.56 Å². The van der Waals surface area contributed by atoms with E-state index in [0.29, 0.717) is 13.0 Å². The third-order valence-electron chi connectivity index (χ3n) is 6.86. The molecule has 3 aliphatic heterocycles. The molecule has 0 bridgehead atoms. The number of hydrazine groups is 1. The van der Waals surface area contributed by atoms with Gasteiger partial charge in [-0.15, -0.1) is 0 Å². The average Bonchev–Trinajstić information content (AvgIpc) is 3.30. The molecule has 3 aliphatic rings. The van der Waals surface area contributed by atoms with Crippen molar-refractivity contribution in [3.8, 4) is 0 Å². The minimum Gasteiger partial charge on any atom is -0.363 e. The van der Waals surface area contributed by atoms with E-state index in [2.05, 4.69) is 48.7 Å². The Morgan fingerprint density at radius 1 is 1.25 bits per heavy atom. The molecular formula is C22H31FN4O. The molecule has 0 saturated carbocycles. The van der Waals surface area contributed by atoms with Crippen LogP contribution in [0.25, 0.3) is 0 Å². The van der Waals surface area contributed by atoms with Crippen molar-refractivity contribution in [3.05, 3.63) is 47.3 Å². The van der Waals surface area contributed by atoms with Gasteiger partial charge in [-0.1, -0.05) is 44.2 Å². The SMILES string of the molecule is CCC1(CC)CC(F)CN1C(=O)C1=C2N[C@@H](c3ccccc3)CC(C)N2NC1. The monoisotopic (exact) mass is 386 g/mol. The second-order valence-electron chi connectivity index (χ2n) is 8.37. The molecule has 0 aliphatic carbocycles. The molecule has 0 aromatic heterocycles. The standard InChI is InChI=1S/C22H31FN4O/c1-4-22(5-2)12-17(23)14-26(22)21(28)18-13-24-27-15(3)11-19(25-20(18)27)16-9-7-6-8-10-16/h6-10,15,17,19,24-25H,4-5,11-14H2,1-3H3/t15?,17?,19-/m1/s1. The van der Waals surface area contributed by atoms with E-state index in [1.54, 1.807) is 0 Å². The van der Waals surface area contributed by atoms with Gasteiger partial charge in [-0.25, -0.2) is 9.82 Å². The van der Waals surface area contributed by atoms with Crippen LogP contribution in [0.3, 0.4) is 0 Å². The Bertz CT molecular complexity index is 761. The summed E-state index contributed by atoms with van der Waals surface area (Å²) in [6.07, 6.45) is 2.03. The van der Waals surface area contributed by atoms with Crippen molar-refractivity contribution in [2.75, 3.05) is 13.1 Å². The molecule has 2 fully saturated rings. The van der Waals surface area contributed by atoms with Crippen molar-refractivity contribution >= 4 is 5.91 Å². The third-order valence-corrected chi connectivity index (χ3v) is 6.86. The molecule has 3 heterocycles. The summed E-state index contributed by atoms with van der Waals surface area (Å²) in [6, 6.07) is 10.8. The lowest BCUT2D eigenvalue weighted by molar-refractivity contribution is -0.131. The van der Waals surface area contributed by atoms with Crippen molar-refractivity contribution in [2.45, 2.75) is 70.2 Å². The van der Waals surface area contributed by atoms with Crippen LogP contribution in [0.5, 0.6) is 0 Å². The number of halogens is 1. The van der Waals surface area contributed by atoms with Gasteiger partial charge in [0.15, 0.2) is 0 Å². The highest BCUT2D eigenvalue weighted by Gasteiger charge is 2.48. The Labute approximate surface area is 166 Å². The second kappa shape index (κ2) is 7.39. The summed E-state index contributed by atoms with van der Waals surface area (Å²) < 4.78 is 14.3. The molecule has 1 aromatic rings. The van der Waals surface area contributed by atoms with E-state index in [4.69, 9.17) is 0 Å². The Kier molecular flexibility index (Phi) is 5.08. The Morgan fingerprint density at radius 3 is 2.64 bits per heavy atom. The quantitative estimate of drug-likeness (QED) is 0.834. The van der Waals surface area contributed by atoms with Gasteiger partial charge in [0.05, 0.1) is 18.2 Å². The van der Waals surface area contributed by atoms with Crippen LogP contribution < -0.4 is 10.7 Å². The highest BCUT2D eigenvalue weighted by atomic mass is 19.1. The van der Waals surface area contributed by atoms with Gasteiger partial charge >= 0.3 is 0 Å². The number of carbonyl (C=O) groups is 1. The number of carbonyl (C=O) groups excluding carboxylic acids is 1. The second-order valence-corrected chi connectivity index (χ2v) is 8.37. The fraction of sp³-hybridized carbons (Fsp3) is 0.591. The number of likely N-dealkylation sites (tertiary alicyclic amines) is 1. The number of amides is 1. The molecule has 6 heteroatoms. The molecule has 5 nitrogen and oxygen atoms in total. The maximum atomic E-state index is 14.3. The van der Waals surface area contributed by atoms with Crippen molar-refractivity contribution in [3.63, 3.8) is 0 Å². The summed E-state index contributed by atoms with van der Waals surface area (Å²) in [6.45, 7) is 6.99. The van der Waals surface area contributed by atoms with Crippen molar-refractivity contribution in [1.82, 2.24) is 20.7 Å². The highest BCUT2D eigenvalue weighted by molar-refractivity contribution is 5.95. The third kappa shape index (κ3) is 3.08. The maximum absolute atomic E-state index is 14.3. The Balaban J connectivity index is 1.65. The van der Waals surface area contributed by atoms with Crippen molar-refractivity contribution in [1.29, 1.82) is 0 Å². The van der Waals surface area contributed by atoms with Gasteiger partial charge in [-0.3, -0.25) is 9.80 Å². The predicted octanol–water partition coefficient (Wildman–Crippen LogP) is 3.27. The van der Waals surface area contributed by atoms with Gasteiger partial charge in [-0.2, -0.15) is 0 Å². The first-order valence-electron chi connectivity index (χ1n) is 10.5. The largest absolute Gasteiger partial charge is 0.363 e. The first-order chi connectivity index (χ1) is 13.5. The predicted molar refractivity (Wildman–Crippen MR) is 108 cm³/mol. The number of rotatable bonds is 4. The molecule has 2 unspecified atom stereocenters. The number of nitrogens with zero attached hydrogens (tertiary/aromatic N) is 2. The molecular weight excluding hydrogens is 355 g/mol. The topological polar surface area (TPSA) is 47.6 Å². The van der Waals surface area contributed by atoms with Crippen LogP contribution in [-0.2, 0) is 4.79 Å². The molecule has 0 spiro atoms. The summed E-state index contributed by atoms with van der Waals surface area (Å²) in [5, 5.41) is 5.67. The van der Waals surface area contributed by atoms with Gasteiger partial charge in [-0.05, 0) is 31.7 Å². The lowest BCUT2D eigenvalue weighted by Crippen LogP contribution is -2.50. The summed E-state index contributed by atoms with van der Waals surface area (Å²) in [5.41, 5.74) is 4.95. The zero-order valence-corrected chi connectivity index (χ0v) is 17.0. The number of nitrogens with one attached hydrogen (secondary N) is 2. The number of fused-ring (bicyclic) bond motifs is 1. The molecule has 2 N–H and O–H groups in total. The summed E-state index contributed by atoms with van der Waals surface area (Å²) in [4.78, 5) is 15.3. The smallest absolute Gasteiger partial charge is 0.255 e. The van der Waals surface area contributed by atoms with Crippen LogP contribution in [0.1, 0.15) is 58.1 Å². The van der Waals surface area contributed by atoms with Crippen LogP contribution in [-0.4, -0.2) is 46.7 Å². The van der Waals surface area contributed by atoms with Crippen molar-refractivity contribution < 1.29 is 9.18 Å². The van der Waals surface area contributed by atoms with Gasteiger partial charge in [0, 0.05) is 24.5 Å². The zero-order valence-electron chi connectivity index (χ0n) is 17.0. The molecule has 0 radical (unpaired) electrons. The number of alkyl halides is 1. The highest BCUT2D eigenvalue weighted by Crippen LogP contribution is 2.39. The van der Waals surface area contributed by atoms with E-state index in [1.807, 2.05) is 23.1 Å². The average molecular weight is 387 g/mol. The van der Waals surface area contributed by atoms with E-state index < -0.39 is 6.17 Å². The lowest BCUT2D eigenvalue weighted by Gasteiger charge is -2.40. The van der Waals surface area contributed by atoms with Gasteiger partial charge < -0.3 is 10.2 Å². The number of benzene rings is 1. The van der Waals surface area contributed by atoms with Gasteiger partial charge in [0.1, 0.15) is 12.0 Å². The molecule has 2 saturated heterocycles. The van der Waals surface area contributed by atoms with Crippen LogP contribution in [0.2, 0.25) is 0 Å². The molecule has 1 aromatic carbocycles. The molecule has 152 valence electrons. The Hall–Kier alpha value is -2.08. The molecule has 4 rings (SSSR count). The molecule has 1 amide bonds. The first-order valence-corrected chi connectivity index (χ1v) is 10.5. The lowest BCUT2D eigenvalue weighted by atomic mass is 9.89. The minimum absolute atomic E-state index is 0.0257. The molecule has 3 atom stereocenters. The maximum Gasteiger partial charge on any atom is 0.255 e. The summed E-state index contributed by atoms with van der Waals surface area (Å²) >= 11 is 0. The zero-order chi connectivity index (χ0) is 19.9. The van der Waals surface area contributed by atoms with Crippen molar-refractivity contribution in [2.24, 2.45) is 0 Å². The minimum atomic E-state index is -0.935. The van der Waals surface area contributed by atoms with Gasteiger partial charge in [0.25, 0.3) is 5.91 Å². The summed E-state index contributed by atoms with van der Waals surface area (Å²) in [7, 11) is 0. The summed E-state index contributed by atoms with van der Waals surface area (Å²) in [5.74, 6) is 0.836. The van der Waals surface area contributed by atoms with Crippen LogP contribution in [0.4, 0.5) is 4.39 Å². The van der Waals surface area contributed by atoms with E-state index in [0.717, 1.165) is 30.7 Å². The van der Waals surface area contributed by atoms with E-state index in [9.17, 15) is 9.18 Å². The normalized spacial score (nSPS) is 29.1. The van der Waals surface area contributed by atoms with E-state index in [-0.39, 0.29) is 30.1 Å². The fourth-order valence-electron chi connectivity index (χ4n) is 5.12. The number of hydrogen-bond acceptors (Lipinski definition) is 4. The Morgan fingerprint density at radius 2 is 1.96 bits per heavy atom. The van der Waals surface area contributed by atoms with Crippen LogP contribution in [0, 0.1) is 0 Å². The van der Waals surface area contributed by atoms with Gasteiger partial charge in [0.2, 0.25) is 0 Å². The number of hydrogen-bond donors (Lipinski definition) is 2. The van der Waals surface area contributed by atoms with Crippen LogP contribution in [0.15, 0.2) is 41.7 Å². The van der Waals surface area contributed by atoms with E-state index >= 15 is 0 Å².